The van der Waals surface area contributed by atoms with E-state index in [9.17, 15) is 24.8 Å². The number of rotatable bonds is 3. The molecule has 124 valence electrons. The molecule has 1 aromatic heterocycles. The van der Waals surface area contributed by atoms with Crippen LogP contribution in [0.25, 0.3) is 0 Å². The summed E-state index contributed by atoms with van der Waals surface area (Å²) in [5.74, 6) is -2.55. The molecular weight excluding hydrogens is 316 g/mol. The van der Waals surface area contributed by atoms with Crippen molar-refractivity contribution in [3.63, 3.8) is 0 Å². The molecule has 1 atom stereocenters. The van der Waals surface area contributed by atoms with Gasteiger partial charge in [0, 0.05) is 19.3 Å². The molecule has 24 heavy (non-hydrogen) atoms. The first kappa shape index (κ1) is 15.7. The van der Waals surface area contributed by atoms with Crippen LogP contribution in [0.4, 0.5) is 11.4 Å². The Kier molecular flexibility index (Phi) is 3.55. The maximum absolute atomic E-state index is 12.9. The number of anilines is 1. The van der Waals surface area contributed by atoms with Gasteiger partial charge in [0.25, 0.3) is 5.91 Å². The zero-order chi connectivity index (χ0) is 17.6. The van der Waals surface area contributed by atoms with Crippen LogP contribution in [-0.4, -0.2) is 38.2 Å². The lowest BCUT2D eigenvalue weighted by molar-refractivity contribution is -0.385. The van der Waals surface area contributed by atoms with Crippen LogP contribution >= 0.6 is 0 Å². The highest BCUT2D eigenvalue weighted by Crippen LogP contribution is 2.38. The van der Waals surface area contributed by atoms with E-state index in [2.05, 4.69) is 5.10 Å². The van der Waals surface area contributed by atoms with Crippen molar-refractivity contribution in [2.45, 2.75) is 12.8 Å². The Morgan fingerprint density at radius 3 is 2.67 bits per heavy atom. The molecule has 0 saturated heterocycles. The second-order valence-corrected chi connectivity index (χ2v) is 5.53. The van der Waals surface area contributed by atoms with Gasteiger partial charge in [-0.25, -0.2) is 0 Å². The van der Waals surface area contributed by atoms with Crippen LogP contribution in [0.3, 0.4) is 0 Å². The van der Waals surface area contributed by atoms with Crippen molar-refractivity contribution in [2.75, 3.05) is 11.4 Å². The number of amides is 1. The van der Waals surface area contributed by atoms with E-state index in [-0.39, 0.29) is 23.6 Å². The van der Waals surface area contributed by atoms with E-state index in [1.165, 1.54) is 18.9 Å². The highest BCUT2D eigenvalue weighted by Gasteiger charge is 2.40. The van der Waals surface area contributed by atoms with Crippen molar-refractivity contribution < 1.29 is 19.6 Å². The molecule has 2 heterocycles. The summed E-state index contributed by atoms with van der Waals surface area (Å²) in [6.45, 7) is 1.38. The molecule has 1 unspecified atom stereocenters. The molecule has 9 nitrogen and oxygen atoms in total. The summed E-state index contributed by atoms with van der Waals surface area (Å²) in [6.07, 6.45) is 0. The minimum Gasteiger partial charge on any atom is -0.481 e. The van der Waals surface area contributed by atoms with Crippen LogP contribution in [0.1, 0.15) is 27.7 Å². The van der Waals surface area contributed by atoms with E-state index in [1.807, 2.05) is 0 Å². The molecule has 3 rings (SSSR count). The van der Waals surface area contributed by atoms with Crippen LogP contribution in [0.15, 0.2) is 24.3 Å². The Balaban J connectivity index is 2.10. The highest BCUT2D eigenvalue weighted by molar-refractivity contribution is 6.10. The number of nitrogens with zero attached hydrogens (tertiary/aromatic N) is 4. The third-order valence-electron chi connectivity index (χ3n) is 4.09. The quantitative estimate of drug-likeness (QED) is 0.672. The molecule has 0 radical (unpaired) electrons. The first-order valence-corrected chi connectivity index (χ1v) is 7.14. The number of aryl methyl sites for hydroxylation is 2. The lowest BCUT2D eigenvalue weighted by Gasteiger charge is -2.17. The molecule has 9 heteroatoms. The Morgan fingerprint density at radius 1 is 1.38 bits per heavy atom. The van der Waals surface area contributed by atoms with Crippen molar-refractivity contribution in [3.05, 3.63) is 51.3 Å². The van der Waals surface area contributed by atoms with Gasteiger partial charge in [-0.1, -0.05) is 18.2 Å². The second-order valence-electron chi connectivity index (χ2n) is 5.53. The summed E-state index contributed by atoms with van der Waals surface area (Å²) < 4.78 is 1.16. The third-order valence-corrected chi connectivity index (χ3v) is 4.09. The van der Waals surface area contributed by atoms with Gasteiger partial charge < -0.3 is 10.0 Å². The van der Waals surface area contributed by atoms with Gasteiger partial charge in [0.15, 0.2) is 0 Å². The van der Waals surface area contributed by atoms with Crippen LogP contribution in [0.2, 0.25) is 0 Å². The number of carboxylic acids is 1. The van der Waals surface area contributed by atoms with E-state index in [0.29, 0.717) is 11.3 Å². The summed E-state index contributed by atoms with van der Waals surface area (Å²) in [5.41, 5.74) is 0.563. The van der Waals surface area contributed by atoms with E-state index >= 15 is 0 Å². The minimum atomic E-state index is -1.05. The summed E-state index contributed by atoms with van der Waals surface area (Å²) in [5, 5.41) is 24.6. The molecule has 2 aromatic rings. The number of benzene rings is 1. The normalized spacial score (nSPS) is 16.1. The van der Waals surface area contributed by atoms with Gasteiger partial charge in [-0.3, -0.25) is 24.4 Å². The average Bonchev–Trinajstić information content (AvgIpc) is 3.04. The van der Waals surface area contributed by atoms with E-state index in [4.69, 9.17) is 0 Å². The summed E-state index contributed by atoms with van der Waals surface area (Å²) in [6, 6.07) is 6.65. The summed E-state index contributed by atoms with van der Waals surface area (Å²) in [4.78, 5) is 36.3. The standard InChI is InChI=1S/C15H14N4O5/c1-8-12(19(23)24)13(17(2)16-8)14(20)18-7-10(15(21)22)9-5-3-4-6-11(9)18/h3-6,10H,7H2,1-2H3,(H,21,22). The van der Waals surface area contributed by atoms with Gasteiger partial charge in [-0.05, 0) is 18.6 Å². The monoisotopic (exact) mass is 330 g/mol. The molecular formula is C15H14N4O5. The van der Waals surface area contributed by atoms with Crippen molar-refractivity contribution >= 4 is 23.3 Å². The number of hydrogen-bond acceptors (Lipinski definition) is 5. The van der Waals surface area contributed by atoms with Crippen LogP contribution < -0.4 is 4.90 Å². The predicted molar refractivity (Wildman–Crippen MR) is 83.1 cm³/mol. The number of carboxylic acid groups (broad SMARTS) is 1. The van der Waals surface area contributed by atoms with Crippen LogP contribution in [-0.2, 0) is 11.8 Å². The van der Waals surface area contributed by atoms with E-state index < -0.39 is 22.7 Å². The minimum absolute atomic E-state index is 0.0745. The van der Waals surface area contributed by atoms with Gasteiger partial charge >= 0.3 is 11.7 Å². The number of para-hydroxylation sites is 1. The van der Waals surface area contributed by atoms with Crippen molar-refractivity contribution in [1.29, 1.82) is 0 Å². The third kappa shape index (κ3) is 2.21. The predicted octanol–water partition coefficient (Wildman–Crippen LogP) is 1.47. The second kappa shape index (κ2) is 5.44. The average molecular weight is 330 g/mol. The lowest BCUT2D eigenvalue weighted by Crippen LogP contribution is -2.33. The topological polar surface area (TPSA) is 119 Å². The SMILES string of the molecule is Cc1nn(C)c(C(=O)N2CC(C(=O)O)c3ccccc32)c1[N+](=O)[O-]. The molecule has 1 aromatic carbocycles. The maximum Gasteiger partial charge on any atom is 0.322 e. The number of nitro groups is 1. The molecule has 0 aliphatic carbocycles. The van der Waals surface area contributed by atoms with Crippen LogP contribution in [0.5, 0.6) is 0 Å². The lowest BCUT2D eigenvalue weighted by atomic mass is 10.0. The van der Waals surface area contributed by atoms with Gasteiger partial charge in [0.2, 0.25) is 5.69 Å². The fourth-order valence-corrected chi connectivity index (χ4v) is 3.04. The number of aromatic nitrogens is 2. The van der Waals surface area contributed by atoms with Crippen molar-refractivity contribution in [3.8, 4) is 0 Å². The number of carbonyl (C=O) groups is 2. The number of carbonyl (C=O) groups excluding carboxylic acids is 1. The smallest absolute Gasteiger partial charge is 0.322 e. The fraction of sp³-hybridized carbons (Fsp3) is 0.267. The highest BCUT2D eigenvalue weighted by atomic mass is 16.6. The van der Waals surface area contributed by atoms with E-state index in [1.54, 1.807) is 24.3 Å². The largest absolute Gasteiger partial charge is 0.481 e. The van der Waals surface area contributed by atoms with Gasteiger partial charge in [0.05, 0.1) is 4.92 Å². The van der Waals surface area contributed by atoms with Gasteiger partial charge in [-0.15, -0.1) is 0 Å². The zero-order valence-electron chi connectivity index (χ0n) is 13.0. The molecule has 1 aliphatic heterocycles. The molecule has 1 amide bonds. The first-order valence-electron chi connectivity index (χ1n) is 7.14. The Morgan fingerprint density at radius 2 is 2.04 bits per heavy atom. The molecule has 0 bridgehead atoms. The summed E-state index contributed by atoms with van der Waals surface area (Å²) in [7, 11) is 1.45. The van der Waals surface area contributed by atoms with E-state index in [0.717, 1.165) is 4.68 Å². The maximum atomic E-state index is 12.9. The van der Waals surface area contributed by atoms with Crippen molar-refractivity contribution in [1.82, 2.24) is 9.78 Å². The Bertz CT molecular complexity index is 873. The Labute approximate surface area is 136 Å². The number of aliphatic carboxylic acids is 1. The molecule has 0 fully saturated rings. The number of hydrogen-bond donors (Lipinski definition) is 1. The molecule has 1 N–H and O–H groups in total. The zero-order valence-corrected chi connectivity index (χ0v) is 13.0. The Hall–Kier alpha value is -3.23. The van der Waals surface area contributed by atoms with Gasteiger partial charge in [0.1, 0.15) is 11.6 Å². The van der Waals surface area contributed by atoms with Crippen LogP contribution in [0, 0.1) is 17.0 Å². The van der Waals surface area contributed by atoms with Gasteiger partial charge in [-0.2, -0.15) is 5.10 Å². The molecule has 0 spiro atoms. The number of fused-ring (bicyclic) bond motifs is 1. The fourth-order valence-electron chi connectivity index (χ4n) is 3.04. The molecule has 1 aliphatic rings. The molecule has 0 saturated carbocycles. The first-order chi connectivity index (χ1) is 11.3. The van der Waals surface area contributed by atoms with Crippen molar-refractivity contribution in [2.24, 2.45) is 7.05 Å². The summed E-state index contributed by atoms with van der Waals surface area (Å²) >= 11 is 0.